The summed E-state index contributed by atoms with van der Waals surface area (Å²) in [5, 5.41) is 8.92. The van der Waals surface area contributed by atoms with Crippen molar-refractivity contribution in [1.82, 2.24) is 0 Å². The van der Waals surface area contributed by atoms with Crippen molar-refractivity contribution < 1.29 is 20.4 Å². The van der Waals surface area contributed by atoms with Crippen LogP contribution < -0.4 is 31.8 Å². The van der Waals surface area contributed by atoms with Gasteiger partial charge in [-0.25, -0.2) is 0 Å². The predicted molar refractivity (Wildman–Crippen MR) is 220 cm³/mol. The van der Waals surface area contributed by atoms with Gasteiger partial charge in [-0.05, 0) is 100.0 Å². The molecule has 5 heteroatoms. The van der Waals surface area contributed by atoms with Crippen LogP contribution in [0.15, 0.2) is 182 Å². The molecule has 0 fully saturated rings. The Labute approximate surface area is 308 Å². The smallest absolute Gasteiger partial charge is 0 e. The number of rotatable bonds is 13. The molecule has 0 bridgehead atoms. The summed E-state index contributed by atoms with van der Waals surface area (Å²) in [6.07, 6.45) is 6.49. The van der Waals surface area contributed by atoms with Gasteiger partial charge in [0.1, 0.15) is 0 Å². The summed E-state index contributed by atoms with van der Waals surface area (Å²) in [6.45, 7) is 4.76. The van der Waals surface area contributed by atoms with Crippen molar-refractivity contribution in [2.24, 2.45) is 0 Å². The summed E-state index contributed by atoms with van der Waals surface area (Å²) >= 11 is 0. The molecule has 6 aromatic rings. The van der Waals surface area contributed by atoms with Gasteiger partial charge in [0.05, 0.1) is 0 Å². The third-order valence-corrected chi connectivity index (χ3v) is 17.1. The average Bonchev–Trinajstić information content (AvgIpc) is 3.14. The zero-order valence-corrected chi connectivity index (χ0v) is 33.1. The predicted octanol–water partition coefficient (Wildman–Crippen LogP) is 9.50. The normalized spacial score (nSPS) is 10.9. The molecule has 0 saturated heterocycles. The molecule has 0 amide bonds. The van der Waals surface area contributed by atoms with E-state index in [-0.39, 0.29) is 52.1 Å². The van der Waals surface area contributed by atoms with Crippen molar-refractivity contribution in [2.75, 3.05) is 38.0 Å². The molecule has 0 aliphatic rings. The van der Waals surface area contributed by atoms with E-state index in [1.54, 1.807) is 0 Å². The van der Waals surface area contributed by atoms with E-state index in [4.69, 9.17) is 0 Å². The van der Waals surface area contributed by atoms with E-state index < -0.39 is 0 Å². The van der Waals surface area contributed by atoms with Crippen molar-refractivity contribution in [3.8, 4) is 0 Å². The molecular weight excluding hydrogens is 747 g/mol. The Balaban J connectivity index is 0.000000228. The molecule has 6 rings (SSSR count). The average molecular weight is 793 g/mol. The topological polar surface area (TPSA) is 0 Å². The summed E-state index contributed by atoms with van der Waals surface area (Å²) in [5.74, 6) is 0. The molecule has 0 saturated carbocycles. The molecule has 0 atom stereocenters. The van der Waals surface area contributed by atoms with Gasteiger partial charge in [-0.3, -0.25) is 0 Å². The molecule has 0 spiro atoms. The van der Waals surface area contributed by atoms with Crippen molar-refractivity contribution in [3.05, 3.63) is 182 Å². The summed E-state index contributed by atoms with van der Waals surface area (Å²) in [6, 6.07) is 66.3. The van der Waals surface area contributed by atoms with Crippen molar-refractivity contribution in [3.63, 3.8) is 0 Å². The van der Waals surface area contributed by atoms with Crippen LogP contribution in [0.1, 0.15) is 6.42 Å². The van der Waals surface area contributed by atoms with Gasteiger partial charge < -0.3 is 0 Å². The Morgan fingerprint density at radius 3 is 0.708 bits per heavy atom. The van der Waals surface area contributed by atoms with Crippen LogP contribution >= 0.6 is 31.7 Å². The molecule has 6 aromatic carbocycles. The summed E-state index contributed by atoms with van der Waals surface area (Å²) in [4.78, 5) is 0. The zero-order chi connectivity index (χ0) is 32.5. The van der Waals surface area contributed by atoms with Gasteiger partial charge in [0, 0.05) is 20.4 Å². The van der Waals surface area contributed by atoms with Crippen molar-refractivity contribution in [1.29, 1.82) is 0 Å². The second-order valence-corrected chi connectivity index (χ2v) is 21.2. The third-order valence-electron chi connectivity index (χ3n) is 7.94. The first-order valence-electron chi connectivity index (χ1n) is 16.5. The van der Waals surface area contributed by atoms with E-state index >= 15 is 0 Å². The molecule has 248 valence electrons. The van der Waals surface area contributed by atoms with Crippen LogP contribution in [0, 0.1) is 0 Å². The minimum atomic E-state index is -0.348. The van der Waals surface area contributed by atoms with Crippen LogP contribution in [0.2, 0.25) is 0 Å². The van der Waals surface area contributed by atoms with Gasteiger partial charge in [-0.15, -0.1) is 7.92 Å². The summed E-state index contributed by atoms with van der Waals surface area (Å²) < 4.78 is 0. The quantitative estimate of drug-likeness (QED) is 0.0808. The second kappa shape index (κ2) is 21.7. The molecule has 48 heavy (non-hydrogen) atoms. The van der Waals surface area contributed by atoms with E-state index in [0.29, 0.717) is 0 Å². The SMILES string of the molecule is CP(C)CCCP(c1ccccc1)c1ccccc1.[Pd].c1ccc(P(CCP(c2ccccc2)c2ccccc2)c2ccccc2)cc1. The minimum Gasteiger partial charge on any atom is -0.113 e. The Hall–Kier alpha value is -2.30. The zero-order valence-electron chi connectivity index (χ0n) is 28.0. The van der Waals surface area contributed by atoms with Crippen LogP contribution in [0.3, 0.4) is 0 Å². The fourth-order valence-corrected chi connectivity index (χ4v) is 14.4. The molecule has 0 aliphatic carbocycles. The molecule has 0 radical (unpaired) electrons. The van der Waals surface area contributed by atoms with E-state index in [9.17, 15) is 0 Å². The van der Waals surface area contributed by atoms with Crippen LogP contribution in [-0.4, -0.2) is 38.0 Å². The van der Waals surface area contributed by atoms with E-state index in [2.05, 4.69) is 195 Å². The largest absolute Gasteiger partial charge is 0.113 e. The molecule has 0 unspecified atom stereocenters. The molecular formula is C43H46P4Pd. The number of hydrogen-bond acceptors (Lipinski definition) is 0. The fourth-order valence-electron chi connectivity index (χ4n) is 5.61. The van der Waals surface area contributed by atoms with E-state index in [0.717, 1.165) is 0 Å². The maximum atomic E-state index is 2.38. The number of hydrogen-bond donors (Lipinski definition) is 0. The van der Waals surface area contributed by atoms with E-state index in [1.807, 2.05) is 0 Å². The summed E-state index contributed by atoms with van der Waals surface area (Å²) in [5.41, 5.74) is 0. The first kappa shape index (κ1) is 38.5. The Morgan fingerprint density at radius 2 is 0.500 bits per heavy atom. The minimum absolute atomic E-state index is 0. The summed E-state index contributed by atoms with van der Waals surface area (Å²) in [7, 11) is -0.626. The maximum Gasteiger partial charge on any atom is 0 e. The standard InChI is InChI=1S/C26H24P2.C17H22P2.Pd/c1-5-13-23(14-6-1)27(24-15-7-2-8-16-24)21-22-28(25-17-9-3-10-18-25)26-19-11-4-12-20-26;1-18(2)14-9-15-19(16-10-5-3-6-11-16)17-12-7-4-8-13-17;/h1-20H,21-22H2;3-8,10-13H,9,14-15H2,1-2H3;. The Kier molecular flexibility index (Phi) is 17.4. The molecule has 0 heterocycles. The van der Waals surface area contributed by atoms with Crippen LogP contribution in [0.4, 0.5) is 0 Å². The van der Waals surface area contributed by atoms with Crippen molar-refractivity contribution >= 4 is 63.5 Å². The first-order chi connectivity index (χ1) is 23.2. The molecule has 0 N–H and O–H groups in total. The van der Waals surface area contributed by atoms with Gasteiger partial charge in [-0.1, -0.05) is 182 Å². The van der Waals surface area contributed by atoms with Crippen LogP contribution in [-0.2, 0) is 20.4 Å². The monoisotopic (exact) mass is 792 g/mol. The van der Waals surface area contributed by atoms with Gasteiger partial charge in [-0.2, -0.15) is 0 Å². The maximum absolute atomic E-state index is 2.38. The Morgan fingerprint density at radius 1 is 0.292 bits per heavy atom. The van der Waals surface area contributed by atoms with Gasteiger partial charge in [0.15, 0.2) is 0 Å². The van der Waals surface area contributed by atoms with Gasteiger partial charge >= 0.3 is 0 Å². The fraction of sp³-hybridized carbons (Fsp3) is 0.163. The van der Waals surface area contributed by atoms with Crippen molar-refractivity contribution in [2.45, 2.75) is 6.42 Å². The molecule has 0 nitrogen and oxygen atoms in total. The van der Waals surface area contributed by atoms with E-state index in [1.165, 1.54) is 62.9 Å². The van der Waals surface area contributed by atoms with Crippen LogP contribution in [0.25, 0.3) is 0 Å². The first-order valence-corrected chi connectivity index (χ1v) is 23.5. The third kappa shape index (κ3) is 12.2. The van der Waals surface area contributed by atoms with Gasteiger partial charge in [0.2, 0.25) is 0 Å². The van der Waals surface area contributed by atoms with Crippen LogP contribution in [0.5, 0.6) is 0 Å². The number of benzene rings is 6. The van der Waals surface area contributed by atoms with Gasteiger partial charge in [0.25, 0.3) is 0 Å². The Bertz CT molecular complexity index is 1470. The molecule has 0 aromatic heterocycles. The second-order valence-electron chi connectivity index (χ2n) is 11.6. The molecule has 0 aliphatic heterocycles.